The zero-order valence-electron chi connectivity index (χ0n) is 18.9. The van der Waals surface area contributed by atoms with E-state index in [2.05, 4.69) is 5.32 Å². The number of likely N-dealkylation sites (N-methyl/N-ethyl adjacent to an activating group) is 1. The van der Waals surface area contributed by atoms with Crippen molar-refractivity contribution < 1.29 is 27.5 Å². The second-order valence-corrected chi connectivity index (χ2v) is 9.01. The molecule has 0 saturated carbocycles. The molecule has 1 atom stereocenters. The molecule has 0 aromatic heterocycles. The van der Waals surface area contributed by atoms with Gasteiger partial charge in [-0.25, -0.2) is 8.42 Å². The molecule has 2 aromatic carbocycles. The number of nitrogens with one attached hydrogen (secondary N) is 1. The maximum absolute atomic E-state index is 13.4. The van der Waals surface area contributed by atoms with Crippen LogP contribution in [0, 0.1) is 0 Å². The van der Waals surface area contributed by atoms with E-state index in [1.54, 1.807) is 55.5 Å². The van der Waals surface area contributed by atoms with Gasteiger partial charge in [-0.3, -0.25) is 13.9 Å². The highest BCUT2D eigenvalue weighted by atomic mass is 32.2. The van der Waals surface area contributed by atoms with Gasteiger partial charge < -0.3 is 19.7 Å². The van der Waals surface area contributed by atoms with Gasteiger partial charge >= 0.3 is 0 Å². The summed E-state index contributed by atoms with van der Waals surface area (Å²) >= 11 is 0. The maximum Gasteiger partial charge on any atom is 0.244 e. The number of sulfonamides is 1. The zero-order valence-corrected chi connectivity index (χ0v) is 19.7. The van der Waals surface area contributed by atoms with Gasteiger partial charge in [-0.2, -0.15) is 0 Å². The fourth-order valence-corrected chi connectivity index (χ4v) is 4.04. The summed E-state index contributed by atoms with van der Waals surface area (Å²) in [6, 6.07) is 12.8. The van der Waals surface area contributed by atoms with Gasteiger partial charge in [-0.1, -0.05) is 24.3 Å². The fourth-order valence-electron chi connectivity index (χ4n) is 3.19. The van der Waals surface area contributed by atoms with Gasteiger partial charge in [0.2, 0.25) is 21.8 Å². The van der Waals surface area contributed by atoms with Crippen LogP contribution in [-0.2, 0) is 26.2 Å². The minimum atomic E-state index is -3.83. The van der Waals surface area contributed by atoms with E-state index in [1.807, 2.05) is 0 Å². The third-order valence-corrected chi connectivity index (χ3v) is 6.06. The summed E-state index contributed by atoms with van der Waals surface area (Å²) in [7, 11) is 0.603. The van der Waals surface area contributed by atoms with Crippen LogP contribution >= 0.6 is 0 Å². The van der Waals surface area contributed by atoms with Gasteiger partial charge in [0, 0.05) is 13.6 Å². The Balaban J connectivity index is 2.42. The molecule has 0 aliphatic carbocycles. The summed E-state index contributed by atoms with van der Waals surface area (Å²) in [4.78, 5) is 27.0. The number of nitrogens with zero attached hydrogens (tertiary/aromatic N) is 2. The average Bonchev–Trinajstić information content (AvgIpc) is 2.79. The Hall–Kier alpha value is -3.27. The first-order valence-electron chi connectivity index (χ1n) is 9.87. The number of methoxy groups -OCH3 is 2. The van der Waals surface area contributed by atoms with Crippen LogP contribution in [0.2, 0.25) is 0 Å². The molecular weight excluding hydrogens is 434 g/mol. The highest BCUT2D eigenvalue weighted by Crippen LogP contribution is 2.29. The van der Waals surface area contributed by atoms with Gasteiger partial charge in [-0.15, -0.1) is 0 Å². The lowest BCUT2D eigenvalue weighted by Crippen LogP contribution is -2.50. The summed E-state index contributed by atoms with van der Waals surface area (Å²) in [5, 5.41) is 2.53. The van der Waals surface area contributed by atoms with E-state index in [9.17, 15) is 18.0 Å². The monoisotopic (exact) mass is 463 g/mol. The van der Waals surface area contributed by atoms with Crippen molar-refractivity contribution in [1.29, 1.82) is 0 Å². The minimum Gasteiger partial charge on any atom is -0.497 e. The molecule has 0 radical (unpaired) electrons. The van der Waals surface area contributed by atoms with E-state index >= 15 is 0 Å². The van der Waals surface area contributed by atoms with Crippen molar-refractivity contribution in [2.24, 2.45) is 0 Å². The van der Waals surface area contributed by atoms with Crippen molar-refractivity contribution >= 4 is 27.5 Å². The number of carbonyl (C=O) groups excluding carboxylic acids is 2. The van der Waals surface area contributed by atoms with E-state index in [1.165, 1.54) is 26.2 Å². The van der Waals surface area contributed by atoms with Crippen LogP contribution in [0.3, 0.4) is 0 Å². The molecular formula is C22H29N3O6S. The van der Waals surface area contributed by atoms with Crippen molar-refractivity contribution in [1.82, 2.24) is 10.2 Å². The standard InChI is InChI=1S/C22H29N3O6S/c1-16(22(27)23-2)24(14-17-9-8-10-18(13-17)30-3)21(26)15-25(32(5,28)29)19-11-6-7-12-20(19)31-4/h6-13,16H,14-15H2,1-5H3,(H,23,27). The van der Waals surface area contributed by atoms with Gasteiger partial charge in [-0.05, 0) is 36.8 Å². The Morgan fingerprint density at radius 3 is 2.34 bits per heavy atom. The predicted octanol–water partition coefficient (Wildman–Crippen LogP) is 1.63. The summed E-state index contributed by atoms with van der Waals surface area (Å²) in [6.07, 6.45) is 1.02. The highest BCUT2D eigenvalue weighted by Gasteiger charge is 2.30. The van der Waals surface area contributed by atoms with Crippen molar-refractivity contribution in [3.8, 4) is 11.5 Å². The van der Waals surface area contributed by atoms with E-state index in [4.69, 9.17) is 9.47 Å². The Morgan fingerprint density at radius 1 is 1.06 bits per heavy atom. The number of amides is 2. The first-order valence-corrected chi connectivity index (χ1v) is 11.7. The van der Waals surface area contributed by atoms with E-state index in [0.717, 1.165) is 16.1 Å². The summed E-state index contributed by atoms with van der Waals surface area (Å²) < 4.78 is 36.6. The molecule has 0 saturated heterocycles. The fraction of sp³-hybridized carbons (Fsp3) is 0.364. The number of hydrogen-bond donors (Lipinski definition) is 1. The van der Waals surface area contributed by atoms with Crippen LogP contribution in [-0.4, -0.2) is 65.2 Å². The van der Waals surface area contributed by atoms with Crippen LogP contribution in [0.4, 0.5) is 5.69 Å². The topological polar surface area (TPSA) is 105 Å². The van der Waals surface area contributed by atoms with Gasteiger partial charge in [0.1, 0.15) is 24.1 Å². The molecule has 32 heavy (non-hydrogen) atoms. The van der Waals surface area contributed by atoms with E-state index < -0.39 is 28.5 Å². The number of anilines is 1. The molecule has 0 aliphatic heterocycles. The third kappa shape index (κ3) is 6.13. The van der Waals surface area contributed by atoms with Gasteiger partial charge in [0.15, 0.2) is 0 Å². The third-order valence-electron chi connectivity index (χ3n) is 4.93. The normalized spacial score (nSPS) is 11.9. The van der Waals surface area contributed by atoms with Crippen LogP contribution in [0.25, 0.3) is 0 Å². The van der Waals surface area contributed by atoms with Crippen LogP contribution in [0.5, 0.6) is 11.5 Å². The van der Waals surface area contributed by atoms with Crippen molar-refractivity contribution in [2.45, 2.75) is 19.5 Å². The minimum absolute atomic E-state index is 0.0914. The Kier molecular flexibility index (Phi) is 8.48. The smallest absolute Gasteiger partial charge is 0.244 e. The molecule has 2 aromatic rings. The molecule has 1 unspecified atom stereocenters. The molecule has 2 rings (SSSR count). The van der Waals surface area contributed by atoms with Gasteiger partial charge in [0.05, 0.1) is 26.2 Å². The van der Waals surface area contributed by atoms with Crippen molar-refractivity contribution in [3.63, 3.8) is 0 Å². The lowest BCUT2D eigenvalue weighted by molar-refractivity contribution is -0.139. The molecule has 0 aliphatic rings. The number of benzene rings is 2. The first-order chi connectivity index (χ1) is 15.1. The molecule has 0 fully saturated rings. The second-order valence-electron chi connectivity index (χ2n) is 7.10. The number of carbonyl (C=O) groups is 2. The zero-order chi connectivity index (χ0) is 23.9. The Labute approximate surface area is 189 Å². The lowest BCUT2D eigenvalue weighted by Gasteiger charge is -2.31. The molecule has 174 valence electrons. The molecule has 10 heteroatoms. The van der Waals surface area contributed by atoms with Gasteiger partial charge in [0.25, 0.3) is 0 Å². The maximum atomic E-state index is 13.4. The summed E-state index contributed by atoms with van der Waals surface area (Å²) in [6.45, 7) is 1.18. The summed E-state index contributed by atoms with van der Waals surface area (Å²) in [5.41, 5.74) is 0.969. The predicted molar refractivity (Wildman–Crippen MR) is 122 cm³/mol. The lowest BCUT2D eigenvalue weighted by atomic mass is 10.1. The number of para-hydroxylation sites is 2. The van der Waals surface area contributed by atoms with Crippen LogP contribution in [0.1, 0.15) is 12.5 Å². The van der Waals surface area contributed by atoms with E-state index in [-0.39, 0.29) is 18.1 Å². The first kappa shape index (κ1) is 25.0. The van der Waals surface area contributed by atoms with Crippen molar-refractivity contribution in [2.75, 3.05) is 38.4 Å². The number of hydrogen-bond acceptors (Lipinski definition) is 6. The van der Waals surface area contributed by atoms with Crippen molar-refractivity contribution in [3.05, 3.63) is 54.1 Å². The molecule has 9 nitrogen and oxygen atoms in total. The highest BCUT2D eigenvalue weighted by molar-refractivity contribution is 7.92. The number of ether oxygens (including phenoxy) is 2. The average molecular weight is 464 g/mol. The molecule has 0 heterocycles. The SMILES string of the molecule is CNC(=O)C(C)N(Cc1cccc(OC)c1)C(=O)CN(c1ccccc1OC)S(C)(=O)=O. The van der Waals surface area contributed by atoms with E-state index in [0.29, 0.717) is 11.5 Å². The molecule has 0 bridgehead atoms. The molecule has 1 N–H and O–H groups in total. The second kappa shape index (κ2) is 10.9. The molecule has 2 amide bonds. The van der Waals surface area contributed by atoms with Crippen LogP contribution < -0.4 is 19.1 Å². The number of rotatable bonds is 10. The van der Waals surface area contributed by atoms with Crippen LogP contribution in [0.15, 0.2) is 48.5 Å². The quantitative estimate of drug-likeness (QED) is 0.574. The summed E-state index contributed by atoms with van der Waals surface area (Å²) in [5.74, 6) is 0.00314. The Bertz CT molecular complexity index is 1060. The largest absolute Gasteiger partial charge is 0.497 e. The Morgan fingerprint density at radius 2 is 1.75 bits per heavy atom. The molecule has 0 spiro atoms.